The fourth-order valence-corrected chi connectivity index (χ4v) is 1.38. The smallest absolute Gasteiger partial charge is 0.342 e. The zero-order valence-corrected chi connectivity index (χ0v) is 8.69. The summed E-state index contributed by atoms with van der Waals surface area (Å²) in [6, 6.07) is 0. The minimum atomic E-state index is -2.35. The third-order valence-electron chi connectivity index (χ3n) is 1.78. The van der Waals surface area contributed by atoms with E-state index < -0.39 is 16.2 Å². The molecule has 1 rings (SSSR count). The highest BCUT2D eigenvalue weighted by atomic mass is 32.2. The topological polar surface area (TPSA) is 113 Å². The van der Waals surface area contributed by atoms with Gasteiger partial charge in [-0.3, -0.25) is 4.21 Å². The molecule has 84 valence electrons. The lowest BCUT2D eigenvalue weighted by molar-refractivity contribution is -0.392. The number of nitrogens with one attached hydrogen (secondary N) is 1. The molecule has 0 radical (unpaired) electrons. The first-order valence-electron chi connectivity index (χ1n) is 4.01. The first-order chi connectivity index (χ1) is 7.02. The number of hydrogen-bond donors (Lipinski definition) is 1. The largest absolute Gasteiger partial charge is 0.760 e. The molecule has 0 aliphatic heterocycles. The maximum Gasteiger partial charge on any atom is 0.342 e. The van der Waals surface area contributed by atoms with E-state index in [-0.39, 0.29) is 18.9 Å². The quantitative estimate of drug-likeness (QED) is 0.417. The monoisotopic (exact) mass is 233 g/mol. The Kier molecular flexibility index (Phi) is 3.88. The van der Waals surface area contributed by atoms with E-state index in [1.54, 1.807) is 6.92 Å². The van der Waals surface area contributed by atoms with E-state index in [9.17, 15) is 18.9 Å². The van der Waals surface area contributed by atoms with Gasteiger partial charge in [-0.15, -0.1) is 0 Å². The third-order valence-corrected chi connectivity index (χ3v) is 2.22. The Balaban J connectivity index is 2.70. The lowest BCUT2D eigenvalue weighted by Crippen LogP contribution is -2.22. The fourth-order valence-electron chi connectivity index (χ4n) is 1.12. The molecule has 9 heteroatoms. The van der Waals surface area contributed by atoms with E-state index in [2.05, 4.69) is 9.71 Å². The zero-order chi connectivity index (χ0) is 11.4. The average molecular weight is 233 g/mol. The van der Waals surface area contributed by atoms with Crippen LogP contribution >= 0.6 is 0 Å². The van der Waals surface area contributed by atoms with E-state index in [0.29, 0.717) is 5.82 Å². The molecule has 15 heavy (non-hydrogen) atoms. The minimum absolute atomic E-state index is 0.0914. The molecule has 1 unspecified atom stereocenters. The highest BCUT2D eigenvalue weighted by molar-refractivity contribution is 7.77. The van der Waals surface area contributed by atoms with Gasteiger partial charge in [-0.2, -0.15) is 0 Å². The van der Waals surface area contributed by atoms with Crippen molar-refractivity contribution in [3.05, 3.63) is 22.1 Å². The van der Waals surface area contributed by atoms with Gasteiger partial charge in [0.25, 0.3) is 0 Å². The second-order valence-electron chi connectivity index (χ2n) is 2.70. The van der Waals surface area contributed by atoms with Gasteiger partial charge in [0.1, 0.15) is 12.7 Å². The van der Waals surface area contributed by atoms with Gasteiger partial charge < -0.3 is 14.7 Å². The van der Waals surface area contributed by atoms with Crippen molar-refractivity contribution >= 4 is 17.1 Å². The van der Waals surface area contributed by atoms with Crippen LogP contribution in [0, 0.1) is 17.0 Å². The van der Waals surface area contributed by atoms with Gasteiger partial charge in [0.15, 0.2) is 5.82 Å². The summed E-state index contributed by atoms with van der Waals surface area (Å²) in [6.45, 7) is 1.88. The summed E-state index contributed by atoms with van der Waals surface area (Å²) in [5, 5.41) is 10.5. The first kappa shape index (κ1) is 11.8. The van der Waals surface area contributed by atoms with Crippen molar-refractivity contribution in [3.8, 4) is 0 Å². The number of nitrogens with zero attached hydrogens (tertiary/aromatic N) is 3. The molecule has 0 spiro atoms. The summed E-state index contributed by atoms with van der Waals surface area (Å²) in [7, 11) is 0. The molecule has 0 aliphatic rings. The maximum absolute atomic E-state index is 10.5. The van der Waals surface area contributed by atoms with Gasteiger partial charge in [-0.1, -0.05) is 0 Å². The maximum atomic E-state index is 10.5. The zero-order valence-electron chi connectivity index (χ0n) is 7.87. The van der Waals surface area contributed by atoms with E-state index in [1.165, 1.54) is 4.57 Å². The van der Waals surface area contributed by atoms with Crippen LogP contribution in [0.2, 0.25) is 0 Å². The summed E-state index contributed by atoms with van der Waals surface area (Å²) in [4.78, 5) is 13.7. The molecule has 0 fully saturated rings. The summed E-state index contributed by atoms with van der Waals surface area (Å²) in [6.07, 6.45) is 1.14. The molecule has 1 atom stereocenters. The van der Waals surface area contributed by atoms with Gasteiger partial charge in [0, 0.05) is 24.7 Å². The molecule has 1 heterocycles. The summed E-state index contributed by atoms with van der Waals surface area (Å²) >= 11 is -2.35. The van der Waals surface area contributed by atoms with Crippen molar-refractivity contribution in [2.24, 2.45) is 0 Å². The molecule has 1 aromatic heterocycles. The molecule has 1 N–H and O–H groups in total. The molecular formula is C6H9N4O4S-. The van der Waals surface area contributed by atoms with Crippen molar-refractivity contribution in [1.29, 1.82) is 0 Å². The van der Waals surface area contributed by atoms with Crippen LogP contribution in [0.4, 0.5) is 5.82 Å². The molecule has 0 amide bonds. The Morgan fingerprint density at radius 1 is 1.73 bits per heavy atom. The Bertz CT molecular complexity index is 390. The predicted octanol–water partition coefficient (Wildman–Crippen LogP) is -0.517. The molecule has 0 saturated carbocycles. The van der Waals surface area contributed by atoms with Crippen LogP contribution in [-0.4, -0.2) is 29.8 Å². The van der Waals surface area contributed by atoms with Crippen LogP contribution in [0.3, 0.4) is 0 Å². The van der Waals surface area contributed by atoms with Crippen LogP contribution in [0.25, 0.3) is 0 Å². The van der Waals surface area contributed by atoms with Crippen LogP contribution in [0.1, 0.15) is 5.82 Å². The first-order valence-corrected chi connectivity index (χ1v) is 5.09. The van der Waals surface area contributed by atoms with Gasteiger partial charge in [-0.25, -0.2) is 14.3 Å². The van der Waals surface area contributed by atoms with E-state index in [0.717, 1.165) is 6.20 Å². The van der Waals surface area contributed by atoms with Gasteiger partial charge in [0.05, 0.1) is 0 Å². The molecule has 0 bridgehead atoms. The van der Waals surface area contributed by atoms with E-state index >= 15 is 0 Å². The Labute approximate surface area is 87.9 Å². The summed E-state index contributed by atoms with van der Waals surface area (Å²) < 4.78 is 23.8. The number of imidazole rings is 1. The minimum Gasteiger partial charge on any atom is -0.760 e. The number of rotatable bonds is 5. The van der Waals surface area contributed by atoms with Crippen LogP contribution in [0.15, 0.2) is 6.20 Å². The number of aromatic nitrogens is 2. The molecule has 1 aromatic rings. The highest BCUT2D eigenvalue weighted by Crippen LogP contribution is 2.12. The molecule has 8 nitrogen and oxygen atoms in total. The van der Waals surface area contributed by atoms with Crippen molar-refractivity contribution in [3.63, 3.8) is 0 Å². The molecule has 0 aliphatic carbocycles. The number of hydrogen-bond acceptors (Lipinski definition) is 5. The average Bonchev–Trinajstić information content (AvgIpc) is 2.47. The predicted molar refractivity (Wildman–Crippen MR) is 50.5 cm³/mol. The van der Waals surface area contributed by atoms with Gasteiger partial charge >= 0.3 is 5.82 Å². The third kappa shape index (κ3) is 3.08. The Morgan fingerprint density at radius 3 is 2.93 bits per heavy atom. The van der Waals surface area contributed by atoms with E-state index in [1.807, 2.05) is 0 Å². The van der Waals surface area contributed by atoms with Crippen molar-refractivity contribution in [2.75, 3.05) is 6.54 Å². The SMILES string of the molecule is Cc1ncc([N+](=O)[O-])n1CCNS(=O)[O-]. The van der Waals surface area contributed by atoms with Crippen LogP contribution in [-0.2, 0) is 17.8 Å². The summed E-state index contributed by atoms with van der Waals surface area (Å²) in [5.74, 6) is 0.325. The molecule has 0 saturated heterocycles. The normalized spacial score (nSPS) is 12.7. The van der Waals surface area contributed by atoms with Gasteiger partial charge in [-0.05, 0) is 4.92 Å². The highest BCUT2D eigenvalue weighted by Gasteiger charge is 2.16. The van der Waals surface area contributed by atoms with E-state index in [4.69, 9.17) is 0 Å². The van der Waals surface area contributed by atoms with Gasteiger partial charge in [0.2, 0.25) is 0 Å². The molecule has 0 aromatic carbocycles. The second kappa shape index (κ2) is 4.96. The lowest BCUT2D eigenvalue weighted by atomic mass is 10.5. The number of aryl methyl sites for hydroxylation is 1. The van der Waals surface area contributed by atoms with Crippen LogP contribution < -0.4 is 4.72 Å². The number of nitro groups is 1. The second-order valence-corrected chi connectivity index (χ2v) is 3.46. The molecular weight excluding hydrogens is 224 g/mol. The Hall–Kier alpha value is -1.32. The Morgan fingerprint density at radius 2 is 2.40 bits per heavy atom. The standard InChI is InChI=1S/C6H10N4O4S/c1-5-7-4-6(10(11)12)9(5)3-2-8-15(13)14/h4,8H,2-3H2,1H3,(H,13,14)/p-1. The van der Waals surface area contributed by atoms with Crippen molar-refractivity contribution in [1.82, 2.24) is 14.3 Å². The van der Waals surface area contributed by atoms with Crippen LogP contribution in [0.5, 0.6) is 0 Å². The summed E-state index contributed by atoms with van der Waals surface area (Å²) in [5.41, 5.74) is 0. The lowest BCUT2D eigenvalue weighted by Gasteiger charge is -2.06. The van der Waals surface area contributed by atoms with Crippen molar-refractivity contribution in [2.45, 2.75) is 13.5 Å². The fraction of sp³-hybridized carbons (Fsp3) is 0.500. The van der Waals surface area contributed by atoms with Crippen molar-refractivity contribution < 1.29 is 13.7 Å².